The molecule has 0 spiro atoms. The summed E-state index contributed by atoms with van der Waals surface area (Å²) in [5.74, 6) is -1.86. The Morgan fingerprint density at radius 1 is 1.30 bits per heavy atom. The van der Waals surface area contributed by atoms with E-state index in [0.29, 0.717) is 16.6 Å². The standard InChI is InChI=1S/C20H23ClF2N4O8P2/c1-10(11-4-2-3-5-13(11)22)25-14-6-16(21)26-19-12(14)7-24-27(19)20-17(23)18(28)15(35-20)8-34-37(32,33)9-36(29,30)31/h2-7,10,15,17-18,20,28H,8-9H2,1H3,(H,25,26)(H,32,33)(H2,29,30,31)/t10-,15-,17+,18-,20-/m1/s1. The van der Waals surface area contributed by atoms with Crippen LogP contribution in [0.1, 0.15) is 24.8 Å². The van der Waals surface area contributed by atoms with Crippen LogP contribution in [0.4, 0.5) is 14.5 Å². The fourth-order valence-electron chi connectivity index (χ4n) is 3.93. The van der Waals surface area contributed by atoms with E-state index in [-0.39, 0.29) is 10.8 Å². The Morgan fingerprint density at radius 2 is 2.00 bits per heavy atom. The molecule has 0 saturated carbocycles. The first-order valence-electron chi connectivity index (χ1n) is 10.8. The van der Waals surface area contributed by atoms with Gasteiger partial charge in [0.05, 0.1) is 29.9 Å². The van der Waals surface area contributed by atoms with Gasteiger partial charge < -0.3 is 34.4 Å². The molecule has 0 bridgehead atoms. The van der Waals surface area contributed by atoms with Crippen LogP contribution in [0.5, 0.6) is 0 Å². The van der Waals surface area contributed by atoms with Crippen LogP contribution >= 0.6 is 26.8 Å². The molecule has 1 aliphatic rings. The molecule has 3 heterocycles. The molecular formula is C20H23ClF2N4O8P2. The Balaban J connectivity index is 1.56. The van der Waals surface area contributed by atoms with Crippen LogP contribution < -0.4 is 5.32 Å². The molecule has 37 heavy (non-hydrogen) atoms. The zero-order valence-electron chi connectivity index (χ0n) is 19.1. The minimum Gasteiger partial charge on any atom is -0.387 e. The number of alkyl halides is 1. The van der Waals surface area contributed by atoms with E-state index in [0.717, 1.165) is 4.68 Å². The molecule has 1 unspecified atom stereocenters. The van der Waals surface area contributed by atoms with Gasteiger partial charge in [0.25, 0.3) is 0 Å². The highest BCUT2D eigenvalue weighted by molar-refractivity contribution is 7.70. The van der Waals surface area contributed by atoms with Crippen LogP contribution in [0.3, 0.4) is 0 Å². The predicted molar refractivity (Wildman–Crippen MR) is 128 cm³/mol. The summed E-state index contributed by atoms with van der Waals surface area (Å²) < 4.78 is 63.3. The summed E-state index contributed by atoms with van der Waals surface area (Å²) >= 11 is 6.17. The van der Waals surface area contributed by atoms with Gasteiger partial charge in [-0.15, -0.1) is 0 Å². The van der Waals surface area contributed by atoms with E-state index in [4.69, 9.17) is 26.1 Å². The van der Waals surface area contributed by atoms with Crippen molar-refractivity contribution in [1.82, 2.24) is 14.8 Å². The molecule has 202 valence electrons. The first-order chi connectivity index (χ1) is 17.3. The molecule has 4 rings (SSSR count). The monoisotopic (exact) mass is 582 g/mol. The molecule has 12 nitrogen and oxygen atoms in total. The number of pyridine rings is 1. The van der Waals surface area contributed by atoms with Crippen molar-refractivity contribution < 1.29 is 47.0 Å². The largest absolute Gasteiger partial charge is 0.387 e. The summed E-state index contributed by atoms with van der Waals surface area (Å²) in [5, 5.41) is 17.9. The molecule has 1 aromatic carbocycles. The lowest BCUT2D eigenvalue weighted by molar-refractivity contribution is -0.0472. The molecule has 6 atom stereocenters. The van der Waals surface area contributed by atoms with Crippen LogP contribution in [-0.4, -0.2) is 65.4 Å². The Bertz CT molecular complexity index is 1390. The highest BCUT2D eigenvalue weighted by atomic mass is 35.5. The van der Waals surface area contributed by atoms with E-state index in [1.165, 1.54) is 18.3 Å². The molecular weight excluding hydrogens is 560 g/mol. The third-order valence-corrected chi connectivity index (χ3v) is 9.27. The number of aromatic nitrogens is 3. The minimum atomic E-state index is -4.87. The Kier molecular flexibility index (Phi) is 8.06. The summed E-state index contributed by atoms with van der Waals surface area (Å²) in [4.78, 5) is 31.6. The van der Waals surface area contributed by atoms with Gasteiger partial charge in [0.1, 0.15) is 23.2 Å². The van der Waals surface area contributed by atoms with Crippen LogP contribution in [0.25, 0.3) is 11.0 Å². The van der Waals surface area contributed by atoms with E-state index in [9.17, 15) is 23.5 Å². The number of nitrogens with zero attached hydrogens (tertiary/aromatic N) is 3. The number of ether oxygens (including phenoxy) is 1. The van der Waals surface area contributed by atoms with Crippen LogP contribution in [0, 0.1) is 5.82 Å². The van der Waals surface area contributed by atoms with Crippen molar-refractivity contribution >= 4 is 43.5 Å². The highest BCUT2D eigenvalue weighted by Crippen LogP contribution is 2.55. The van der Waals surface area contributed by atoms with E-state index in [1.54, 1.807) is 25.1 Å². The highest BCUT2D eigenvalue weighted by Gasteiger charge is 2.47. The van der Waals surface area contributed by atoms with Crippen molar-refractivity contribution in [2.45, 2.75) is 37.6 Å². The average molecular weight is 583 g/mol. The first-order valence-corrected chi connectivity index (χ1v) is 14.7. The van der Waals surface area contributed by atoms with Gasteiger partial charge in [-0.3, -0.25) is 9.13 Å². The van der Waals surface area contributed by atoms with Crippen molar-refractivity contribution in [2.75, 3.05) is 17.8 Å². The normalized spacial score (nSPS) is 24.8. The molecule has 0 aliphatic carbocycles. The topological polar surface area (TPSA) is 176 Å². The van der Waals surface area contributed by atoms with Gasteiger partial charge in [0.15, 0.2) is 23.9 Å². The molecule has 5 N–H and O–H groups in total. The zero-order chi connectivity index (χ0) is 27.1. The second-order valence-electron chi connectivity index (χ2n) is 8.45. The number of anilines is 1. The van der Waals surface area contributed by atoms with Crippen LogP contribution in [-0.2, 0) is 18.4 Å². The smallest absolute Gasteiger partial charge is 0.340 e. The fourth-order valence-corrected chi connectivity index (χ4v) is 6.69. The lowest BCUT2D eigenvalue weighted by atomic mass is 10.1. The van der Waals surface area contributed by atoms with Crippen LogP contribution in [0.2, 0.25) is 5.15 Å². The van der Waals surface area contributed by atoms with E-state index in [2.05, 4.69) is 19.9 Å². The molecule has 2 aromatic heterocycles. The summed E-state index contributed by atoms with van der Waals surface area (Å²) in [6.45, 7) is 0.903. The number of benzene rings is 1. The molecule has 1 aliphatic heterocycles. The summed E-state index contributed by atoms with van der Waals surface area (Å²) in [6, 6.07) is 7.19. The minimum absolute atomic E-state index is 0.00461. The number of halogens is 3. The number of aliphatic hydroxyl groups excluding tert-OH is 1. The molecule has 0 amide bonds. The van der Waals surface area contributed by atoms with E-state index < -0.39 is 64.2 Å². The van der Waals surface area contributed by atoms with Gasteiger partial charge in [-0.1, -0.05) is 29.8 Å². The van der Waals surface area contributed by atoms with Gasteiger partial charge in [0.2, 0.25) is 0 Å². The number of rotatable bonds is 9. The molecule has 17 heteroatoms. The van der Waals surface area contributed by atoms with Crippen molar-refractivity contribution in [2.24, 2.45) is 0 Å². The quantitative estimate of drug-likeness (QED) is 0.185. The maximum absolute atomic E-state index is 15.0. The SMILES string of the molecule is C[C@@H](Nc1cc(Cl)nc2c1cnn2[C@@H]1O[C@H](COP(=O)(O)CP(=O)(O)O)[C@@H](O)[C@@H]1F)c1ccccc1F. The van der Waals surface area contributed by atoms with Crippen LogP contribution in [0.15, 0.2) is 36.5 Å². The van der Waals surface area contributed by atoms with Crippen molar-refractivity contribution in [3.05, 3.63) is 53.1 Å². The summed E-state index contributed by atoms with van der Waals surface area (Å²) in [6.07, 6.45) is -5.55. The second-order valence-corrected chi connectivity index (χ2v) is 12.8. The maximum Gasteiger partial charge on any atom is 0.340 e. The van der Waals surface area contributed by atoms with Gasteiger partial charge in [-0.25, -0.2) is 18.4 Å². The number of hydrogen-bond acceptors (Lipinski definition) is 8. The Morgan fingerprint density at radius 3 is 2.68 bits per heavy atom. The fraction of sp³-hybridized carbons (Fsp3) is 0.400. The first kappa shape index (κ1) is 28.0. The number of fused-ring (bicyclic) bond motifs is 1. The van der Waals surface area contributed by atoms with Gasteiger partial charge in [-0.2, -0.15) is 5.10 Å². The Labute approximate surface area is 213 Å². The predicted octanol–water partition coefficient (Wildman–Crippen LogP) is 3.33. The Hall–Kier alpha value is -1.99. The number of hydrogen-bond donors (Lipinski definition) is 5. The third kappa shape index (κ3) is 6.36. The maximum atomic E-state index is 15.0. The average Bonchev–Trinajstić information content (AvgIpc) is 3.32. The van der Waals surface area contributed by atoms with Gasteiger partial charge in [0, 0.05) is 5.56 Å². The van der Waals surface area contributed by atoms with Crippen molar-refractivity contribution in [1.29, 1.82) is 0 Å². The lowest BCUT2D eigenvalue weighted by Crippen LogP contribution is -2.31. The van der Waals surface area contributed by atoms with Crippen molar-refractivity contribution in [3.63, 3.8) is 0 Å². The summed E-state index contributed by atoms with van der Waals surface area (Å²) in [5.41, 5.74) is 0.890. The molecule has 1 saturated heterocycles. The van der Waals surface area contributed by atoms with E-state index in [1.807, 2.05) is 0 Å². The second kappa shape index (κ2) is 10.6. The molecule has 3 aromatic rings. The molecule has 1 fully saturated rings. The summed E-state index contributed by atoms with van der Waals surface area (Å²) in [7, 11) is -9.63. The number of aliphatic hydroxyl groups is 1. The number of nitrogens with one attached hydrogen (secondary N) is 1. The van der Waals surface area contributed by atoms with Gasteiger partial charge >= 0.3 is 15.2 Å². The lowest BCUT2D eigenvalue weighted by Gasteiger charge is -2.18. The third-order valence-electron chi connectivity index (χ3n) is 5.62. The van der Waals surface area contributed by atoms with Gasteiger partial charge in [-0.05, 0) is 19.1 Å². The molecule has 0 radical (unpaired) electrons. The zero-order valence-corrected chi connectivity index (χ0v) is 21.6. The van der Waals surface area contributed by atoms with Crippen molar-refractivity contribution in [3.8, 4) is 0 Å². The van der Waals surface area contributed by atoms with E-state index >= 15 is 4.39 Å².